The number of nitrogens with one attached hydrogen (secondary N) is 2. The third-order valence-corrected chi connectivity index (χ3v) is 6.15. The van der Waals surface area contributed by atoms with E-state index in [1.165, 1.54) is 44.8 Å². The molecule has 0 amide bonds. The molecule has 1 heterocycles. The van der Waals surface area contributed by atoms with Gasteiger partial charge in [-0.15, -0.1) is 0 Å². The van der Waals surface area contributed by atoms with Gasteiger partial charge in [-0.25, -0.2) is 0 Å². The average molecular weight is 663 g/mol. The number of hydrogen-bond acceptors (Lipinski definition) is 4. The van der Waals surface area contributed by atoms with Crippen molar-refractivity contribution >= 4 is 11.4 Å². The monoisotopic (exact) mass is 661 g/mol. The van der Waals surface area contributed by atoms with Gasteiger partial charge in [0, 0.05) is 50.3 Å². The SMILES string of the molecule is Cc1cc(C)c(NCCCN(CCNc2c(C)cc(C)cc2C)Cc2ccccn2)c(C)c1.[Br-].[Br-].[Co+2]. The van der Waals surface area contributed by atoms with Crippen molar-refractivity contribution in [2.24, 2.45) is 0 Å². The number of nitrogens with zero attached hydrogens (tertiary/aromatic N) is 2. The summed E-state index contributed by atoms with van der Waals surface area (Å²) in [6.45, 7) is 17.8. The molecule has 1 radical (unpaired) electrons. The Balaban J connectivity index is 0.00000408. The van der Waals surface area contributed by atoms with E-state index in [-0.39, 0.29) is 50.7 Å². The number of halogens is 2. The number of anilines is 2. The molecular weight excluding hydrogens is 623 g/mol. The Morgan fingerprint density at radius 1 is 0.694 bits per heavy atom. The molecule has 0 aliphatic heterocycles. The van der Waals surface area contributed by atoms with E-state index in [4.69, 9.17) is 0 Å². The molecule has 0 bridgehead atoms. The molecule has 0 aliphatic carbocycles. The largest absolute Gasteiger partial charge is 2.00 e. The zero-order chi connectivity index (χ0) is 23.8. The first-order chi connectivity index (χ1) is 15.8. The maximum Gasteiger partial charge on any atom is 2.00 e. The van der Waals surface area contributed by atoms with Crippen LogP contribution in [0.15, 0.2) is 48.7 Å². The molecule has 0 atom stereocenters. The summed E-state index contributed by atoms with van der Waals surface area (Å²) in [5.74, 6) is 0. The fourth-order valence-corrected chi connectivity index (χ4v) is 4.76. The van der Waals surface area contributed by atoms with Crippen LogP contribution in [0.25, 0.3) is 0 Å². The zero-order valence-electron chi connectivity index (χ0n) is 22.3. The quantitative estimate of drug-likeness (QED) is 0.291. The minimum atomic E-state index is 0. The zero-order valence-corrected chi connectivity index (χ0v) is 26.6. The molecule has 0 fully saturated rings. The molecule has 0 unspecified atom stereocenters. The first-order valence-electron chi connectivity index (χ1n) is 12.1. The van der Waals surface area contributed by atoms with Crippen LogP contribution in [-0.4, -0.2) is 36.1 Å². The van der Waals surface area contributed by atoms with Crippen molar-refractivity contribution < 1.29 is 50.7 Å². The molecular formula is C29H40Br2CoN4. The molecule has 36 heavy (non-hydrogen) atoms. The summed E-state index contributed by atoms with van der Waals surface area (Å²) in [5.41, 5.74) is 11.6. The number of aromatic nitrogens is 1. The van der Waals surface area contributed by atoms with Gasteiger partial charge >= 0.3 is 16.8 Å². The Morgan fingerprint density at radius 2 is 1.19 bits per heavy atom. The molecule has 7 heteroatoms. The minimum absolute atomic E-state index is 0. The summed E-state index contributed by atoms with van der Waals surface area (Å²) in [4.78, 5) is 7.06. The molecule has 3 rings (SSSR count). The van der Waals surface area contributed by atoms with Crippen LogP contribution in [0, 0.1) is 41.5 Å². The second-order valence-corrected chi connectivity index (χ2v) is 9.35. The van der Waals surface area contributed by atoms with Crippen LogP contribution in [0.5, 0.6) is 0 Å². The average Bonchev–Trinajstić information content (AvgIpc) is 2.74. The number of aryl methyl sites for hydroxylation is 6. The molecule has 0 saturated carbocycles. The van der Waals surface area contributed by atoms with E-state index in [0.717, 1.165) is 44.8 Å². The molecule has 199 valence electrons. The van der Waals surface area contributed by atoms with Gasteiger partial charge < -0.3 is 44.6 Å². The van der Waals surface area contributed by atoms with E-state index in [1.807, 2.05) is 12.3 Å². The fourth-order valence-electron chi connectivity index (χ4n) is 4.76. The topological polar surface area (TPSA) is 40.2 Å². The summed E-state index contributed by atoms with van der Waals surface area (Å²) in [7, 11) is 0. The van der Waals surface area contributed by atoms with Gasteiger partial charge in [0.05, 0.1) is 5.69 Å². The first kappa shape index (κ1) is 34.6. The Morgan fingerprint density at radius 3 is 1.67 bits per heavy atom. The third kappa shape index (κ3) is 10.5. The van der Waals surface area contributed by atoms with Crippen molar-refractivity contribution in [2.45, 2.75) is 54.5 Å². The van der Waals surface area contributed by atoms with Crippen molar-refractivity contribution in [3.63, 3.8) is 0 Å². The van der Waals surface area contributed by atoms with Crippen molar-refractivity contribution in [3.05, 3.63) is 87.7 Å². The number of benzene rings is 2. The minimum Gasteiger partial charge on any atom is -1.00 e. The first-order valence-corrected chi connectivity index (χ1v) is 12.1. The van der Waals surface area contributed by atoms with Gasteiger partial charge in [0.15, 0.2) is 0 Å². The molecule has 0 spiro atoms. The number of pyridine rings is 1. The fraction of sp³-hybridized carbons (Fsp3) is 0.414. The van der Waals surface area contributed by atoms with Crippen molar-refractivity contribution in [1.29, 1.82) is 0 Å². The Bertz CT molecular complexity index is 1010. The van der Waals surface area contributed by atoms with Gasteiger partial charge in [-0.1, -0.05) is 41.5 Å². The smallest absolute Gasteiger partial charge is 1.00 e. The van der Waals surface area contributed by atoms with E-state index in [1.54, 1.807) is 0 Å². The van der Waals surface area contributed by atoms with Crippen molar-refractivity contribution in [2.75, 3.05) is 36.8 Å². The predicted octanol–water partition coefficient (Wildman–Crippen LogP) is 0.354. The molecule has 2 aromatic carbocycles. The molecule has 1 aromatic heterocycles. The number of hydrogen-bond donors (Lipinski definition) is 2. The Hall–Kier alpha value is -1.38. The number of rotatable bonds is 11. The predicted molar refractivity (Wildman–Crippen MR) is 142 cm³/mol. The maximum atomic E-state index is 4.55. The maximum absolute atomic E-state index is 4.55. The third-order valence-electron chi connectivity index (χ3n) is 6.15. The summed E-state index contributed by atoms with van der Waals surface area (Å²) < 4.78 is 0. The van der Waals surface area contributed by atoms with E-state index in [9.17, 15) is 0 Å². The van der Waals surface area contributed by atoms with Crippen LogP contribution in [0.3, 0.4) is 0 Å². The normalized spacial score (nSPS) is 10.2. The Labute approximate surface area is 249 Å². The van der Waals surface area contributed by atoms with Gasteiger partial charge in [0.1, 0.15) is 0 Å². The summed E-state index contributed by atoms with van der Waals surface area (Å²) in [6.07, 6.45) is 2.97. The second-order valence-electron chi connectivity index (χ2n) is 9.35. The van der Waals surface area contributed by atoms with E-state index >= 15 is 0 Å². The van der Waals surface area contributed by atoms with E-state index in [0.29, 0.717) is 0 Å². The molecule has 0 saturated heterocycles. The molecule has 0 aliphatic rings. The van der Waals surface area contributed by atoms with E-state index < -0.39 is 0 Å². The van der Waals surface area contributed by atoms with Gasteiger partial charge in [-0.05, 0) is 82.3 Å². The van der Waals surface area contributed by atoms with Gasteiger partial charge in [0.2, 0.25) is 0 Å². The van der Waals surface area contributed by atoms with Crippen molar-refractivity contribution in [1.82, 2.24) is 9.88 Å². The van der Waals surface area contributed by atoms with Gasteiger partial charge in [-0.3, -0.25) is 9.88 Å². The molecule has 4 nitrogen and oxygen atoms in total. The standard InChI is InChI=1S/C29H40N4.2BrH.Co/c1-21-16-23(3)28(24(4)17-21)31-12-9-14-33(20-27-10-7-8-11-30-27)15-13-32-29-25(5)18-22(2)19-26(29)6;;;/h7-8,10-11,16-19,31-32H,9,12-15,20H2,1-6H3;2*1H;/q;;;+2/p-2. The summed E-state index contributed by atoms with van der Waals surface area (Å²) in [6, 6.07) is 15.2. The van der Waals surface area contributed by atoms with Crippen LogP contribution in [0.4, 0.5) is 11.4 Å². The van der Waals surface area contributed by atoms with Gasteiger partial charge in [-0.2, -0.15) is 0 Å². The van der Waals surface area contributed by atoms with Crippen LogP contribution < -0.4 is 44.6 Å². The summed E-state index contributed by atoms with van der Waals surface area (Å²) in [5, 5.41) is 7.36. The molecule has 3 aromatic rings. The Kier molecular flexibility index (Phi) is 16.5. The second kappa shape index (κ2) is 17.2. The van der Waals surface area contributed by atoms with Crippen LogP contribution in [-0.2, 0) is 23.3 Å². The molecule has 2 N–H and O–H groups in total. The van der Waals surface area contributed by atoms with Crippen LogP contribution >= 0.6 is 0 Å². The van der Waals surface area contributed by atoms with Crippen LogP contribution in [0.1, 0.15) is 45.5 Å². The van der Waals surface area contributed by atoms with E-state index in [2.05, 4.69) is 98.5 Å². The van der Waals surface area contributed by atoms with Crippen LogP contribution in [0.2, 0.25) is 0 Å². The van der Waals surface area contributed by atoms with Gasteiger partial charge in [0.25, 0.3) is 0 Å². The van der Waals surface area contributed by atoms with Crippen molar-refractivity contribution in [3.8, 4) is 0 Å². The summed E-state index contributed by atoms with van der Waals surface area (Å²) >= 11 is 0.